The molecule has 0 aromatic heterocycles. The second-order valence-electron chi connectivity index (χ2n) is 19.9. The quantitative estimate of drug-likeness (QED) is 0.0342. The maximum absolute atomic E-state index is 12.8. The van der Waals surface area contributed by atoms with E-state index in [0.29, 0.717) is 77.7 Å². The maximum Gasteiger partial charge on any atom is 0.305 e. The van der Waals surface area contributed by atoms with Gasteiger partial charge in [-0.1, -0.05) is 182 Å². The van der Waals surface area contributed by atoms with E-state index in [1.54, 1.807) is 6.92 Å². The van der Waals surface area contributed by atoms with E-state index in [9.17, 15) is 24.6 Å². The van der Waals surface area contributed by atoms with Crippen molar-refractivity contribution in [2.24, 2.45) is 11.8 Å². The number of carbonyl (C=O) groups is 3. The first kappa shape index (κ1) is 69.4. The predicted molar refractivity (Wildman–Crippen MR) is 287 cm³/mol. The molecule has 0 amide bonds. The number of Topliss-reactive ketones (excluding diaryl/α,β-unsaturated/α-hetero) is 1. The number of ether oxygens (including phenoxy) is 5. The van der Waals surface area contributed by atoms with Crippen LogP contribution in [-0.2, 0) is 38.1 Å². The van der Waals surface area contributed by atoms with E-state index in [1.165, 1.54) is 148 Å². The molecule has 0 aromatic carbocycles. The highest BCUT2D eigenvalue weighted by molar-refractivity contribution is 5.75. The van der Waals surface area contributed by atoms with E-state index in [-0.39, 0.29) is 49.1 Å². The Morgan fingerprint density at radius 3 is 1.46 bits per heavy atom. The van der Waals surface area contributed by atoms with Crippen LogP contribution in [0.3, 0.4) is 0 Å². The molecule has 412 valence electrons. The van der Waals surface area contributed by atoms with Crippen molar-refractivity contribution in [2.75, 3.05) is 66.4 Å². The van der Waals surface area contributed by atoms with E-state index in [0.717, 1.165) is 57.9 Å². The first-order chi connectivity index (χ1) is 33.6. The van der Waals surface area contributed by atoms with Crippen LogP contribution in [0.4, 0.5) is 0 Å². The summed E-state index contributed by atoms with van der Waals surface area (Å²) in [7, 11) is 1.39. The van der Waals surface area contributed by atoms with Gasteiger partial charge in [0.1, 0.15) is 5.78 Å². The molecule has 11 heteroatoms. The Morgan fingerprint density at radius 1 is 0.507 bits per heavy atom. The molecule has 0 spiro atoms. The molecular formula is C58H115NO10. The predicted octanol–water partition coefficient (Wildman–Crippen LogP) is 14.3. The summed E-state index contributed by atoms with van der Waals surface area (Å²) < 4.78 is 28.6. The van der Waals surface area contributed by atoms with Gasteiger partial charge in [0.15, 0.2) is 6.29 Å². The first-order valence-electron chi connectivity index (χ1n) is 29.2. The highest BCUT2D eigenvalue weighted by atomic mass is 16.7. The average molecular weight is 987 g/mol. The molecule has 0 bridgehead atoms. The maximum atomic E-state index is 12.8. The molecule has 0 saturated heterocycles. The topological polar surface area (TPSA) is 141 Å². The van der Waals surface area contributed by atoms with E-state index >= 15 is 0 Å². The molecule has 69 heavy (non-hydrogen) atoms. The van der Waals surface area contributed by atoms with E-state index in [4.69, 9.17) is 18.9 Å². The third-order valence-corrected chi connectivity index (χ3v) is 13.3. The normalized spacial score (nSPS) is 12.8. The third kappa shape index (κ3) is 51.1. The number of aliphatic hydroxyl groups excluding tert-OH is 2. The van der Waals surface area contributed by atoms with E-state index in [1.807, 2.05) is 0 Å². The second-order valence-corrected chi connectivity index (χ2v) is 19.9. The van der Waals surface area contributed by atoms with Crippen LogP contribution in [-0.4, -0.2) is 112 Å². The summed E-state index contributed by atoms with van der Waals surface area (Å²) in [5, 5.41) is 21.1. The average Bonchev–Trinajstić information content (AvgIpc) is 3.34. The van der Waals surface area contributed by atoms with E-state index < -0.39 is 0 Å². The van der Waals surface area contributed by atoms with Crippen molar-refractivity contribution < 1.29 is 48.3 Å². The van der Waals surface area contributed by atoms with Gasteiger partial charge in [-0.25, -0.2) is 0 Å². The van der Waals surface area contributed by atoms with Crippen LogP contribution in [0.15, 0.2) is 0 Å². The molecule has 0 saturated carbocycles. The molecular weight excluding hydrogens is 871 g/mol. The molecule has 3 atom stereocenters. The Labute approximate surface area is 426 Å². The molecule has 0 rings (SSSR count). The smallest absolute Gasteiger partial charge is 0.305 e. The first-order valence-corrected chi connectivity index (χ1v) is 29.2. The zero-order valence-corrected chi connectivity index (χ0v) is 46.5. The van der Waals surface area contributed by atoms with Crippen LogP contribution < -0.4 is 0 Å². The van der Waals surface area contributed by atoms with Gasteiger partial charge in [0.25, 0.3) is 0 Å². The van der Waals surface area contributed by atoms with Crippen molar-refractivity contribution in [1.82, 2.24) is 4.90 Å². The van der Waals surface area contributed by atoms with Crippen LogP contribution in [0.2, 0.25) is 0 Å². The number of nitrogens with zero attached hydrogens (tertiary/aromatic N) is 1. The Hall–Kier alpha value is -1.63. The SMILES string of the molecule is CCCCCCCCCC(CCCCCCC)C(O)CN(CCCO)CCOCC(CC)COC(=O)CCC(OCCCCCCCC)OCCCCCCCC.COC(=O)CCCCCC(C)=O. The Bertz CT molecular complexity index is 1060. The molecule has 0 aliphatic heterocycles. The van der Waals surface area contributed by atoms with Gasteiger partial charge in [0.2, 0.25) is 0 Å². The zero-order chi connectivity index (χ0) is 51.3. The number of esters is 2. The van der Waals surface area contributed by atoms with Crippen molar-refractivity contribution in [3.8, 4) is 0 Å². The van der Waals surface area contributed by atoms with Gasteiger partial charge < -0.3 is 38.7 Å². The number of carbonyl (C=O) groups excluding carboxylic acids is 3. The molecule has 0 heterocycles. The Kier molecular flexibility index (Phi) is 56.0. The summed E-state index contributed by atoms with van der Waals surface area (Å²) in [5.41, 5.74) is 0. The summed E-state index contributed by atoms with van der Waals surface area (Å²) >= 11 is 0. The monoisotopic (exact) mass is 986 g/mol. The van der Waals surface area contributed by atoms with Crippen LogP contribution >= 0.6 is 0 Å². The highest BCUT2D eigenvalue weighted by Crippen LogP contribution is 2.24. The standard InChI is InChI=1S/C49H99NO7.C9H16O3/c1-6-11-15-19-22-24-28-33-46(32-27-23-18-14-9-4)47(52)42-50(36-31-38-51)37-41-54-43-45(10-5)44-57-48(53)34-35-49(55-39-29-25-20-16-12-7-2)56-40-30-26-21-17-13-8-3;1-8(10)6-4-3-5-7-9(11)12-2/h45-47,49,51-52H,6-44H2,1-5H3;3-7H2,1-2H3. The van der Waals surface area contributed by atoms with Gasteiger partial charge in [-0.2, -0.15) is 0 Å². The number of unbranched alkanes of at least 4 members (excludes halogenated alkanes) is 22. The molecule has 0 aromatic rings. The Balaban J connectivity index is 0. The molecule has 0 aliphatic carbocycles. The number of hydrogen-bond donors (Lipinski definition) is 2. The lowest BCUT2D eigenvalue weighted by Crippen LogP contribution is -2.39. The highest BCUT2D eigenvalue weighted by Gasteiger charge is 2.22. The number of methoxy groups -OCH3 is 1. The fourth-order valence-electron chi connectivity index (χ4n) is 8.48. The second kappa shape index (κ2) is 55.7. The minimum atomic E-state index is -0.362. The molecule has 2 N–H and O–H groups in total. The number of aliphatic hydroxyl groups is 2. The fraction of sp³-hybridized carbons (Fsp3) is 0.948. The molecule has 11 nitrogen and oxygen atoms in total. The lowest BCUT2D eigenvalue weighted by molar-refractivity contribution is -0.160. The van der Waals surface area contributed by atoms with Gasteiger partial charge in [0.05, 0.1) is 39.5 Å². The van der Waals surface area contributed by atoms with Gasteiger partial charge in [-0.05, 0) is 64.2 Å². The van der Waals surface area contributed by atoms with Gasteiger partial charge in [0, 0.05) is 64.6 Å². The lowest BCUT2D eigenvalue weighted by Gasteiger charge is -2.30. The van der Waals surface area contributed by atoms with Crippen LogP contribution in [0.25, 0.3) is 0 Å². The molecule has 3 unspecified atom stereocenters. The van der Waals surface area contributed by atoms with Crippen molar-refractivity contribution >= 4 is 17.7 Å². The minimum absolute atomic E-state index is 0.133. The summed E-state index contributed by atoms with van der Waals surface area (Å²) in [4.78, 5) is 36.2. The van der Waals surface area contributed by atoms with Crippen LogP contribution in [0.1, 0.15) is 266 Å². The van der Waals surface area contributed by atoms with Crippen molar-refractivity contribution in [2.45, 2.75) is 279 Å². The zero-order valence-electron chi connectivity index (χ0n) is 46.5. The minimum Gasteiger partial charge on any atom is -0.469 e. The van der Waals surface area contributed by atoms with E-state index in [2.05, 4.69) is 44.3 Å². The third-order valence-electron chi connectivity index (χ3n) is 13.3. The number of hydrogen-bond acceptors (Lipinski definition) is 11. The lowest BCUT2D eigenvalue weighted by atomic mass is 9.89. The van der Waals surface area contributed by atoms with Gasteiger partial charge >= 0.3 is 11.9 Å². The van der Waals surface area contributed by atoms with Crippen molar-refractivity contribution in [3.05, 3.63) is 0 Å². The molecule has 0 radical (unpaired) electrons. The number of ketones is 1. The summed E-state index contributed by atoms with van der Waals surface area (Å²) in [6.07, 6.45) is 37.5. The van der Waals surface area contributed by atoms with Gasteiger partial charge in [-0.3, -0.25) is 14.5 Å². The Morgan fingerprint density at radius 2 is 0.986 bits per heavy atom. The number of rotatable bonds is 53. The largest absolute Gasteiger partial charge is 0.469 e. The van der Waals surface area contributed by atoms with Crippen molar-refractivity contribution in [1.29, 1.82) is 0 Å². The summed E-state index contributed by atoms with van der Waals surface area (Å²) in [5.74, 6) is 0.303. The molecule has 0 aliphatic rings. The fourth-order valence-corrected chi connectivity index (χ4v) is 8.48. The summed E-state index contributed by atoms with van der Waals surface area (Å²) in [6, 6.07) is 0. The van der Waals surface area contributed by atoms with Crippen molar-refractivity contribution in [3.63, 3.8) is 0 Å². The van der Waals surface area contributed by atoms with Crippen LogP contribution in [0.5, 0.6) is 0 Å². The van der Waals surface area contributed by atoms with Crippen LogP contribution in [0, 0.1) is 11.8 Å². The van der Waals surface area contributed by atoms with Gasteiger partial charge in [-0.15, -0.1) is 0 Å². The summed E-state index contributed by atoms with van der Waals surface area (Å²) in [6.45, 7) is 17.7. The molecule has 0 fully saturated rings.